The van der Waals surface area contributed by atoms with Crippen molar-refractivity contribution >= 4 is 12.1 Å². The van der Waals surface area contributed by atoms with Crippen LogP contribution in [0.1, 0.15) is 35.7 Å². The van der Waals surface area contributed by atoms with Crippen molar-refractivity contribution in [3.63, 3.8) is 0 Å². The number of aryl methyl sites for hydroxylation is 1. The molecule has 5 heteroatoms. The monoisotopic (exact) mass is 352 g/mol. The molecule has 5 nitrogen and oxygen atoms in total. The molecule has 0 atom stereocenters. The van der Waals surface area contributed by atoms with Gasteiger partial charge in [0.15, 0.2) is 6.61 Å². The largest absolute Gasteiger partial charge is 0.514 e. The molecule has 2 aromatic carbocycles. The summed E-state index contributed by atoms with van der Waals surface area (Å²) < 4.78 is 14.9. The number of carbonyl (C=O) groups excluding carboxylic acids is 2. The van der Waals surface area contributed by atoms with Crippen LogP contribution in [0.2, 0.25) is 0 Å². The van der Waals surface area contributed by atoms with Crippen LogP contribution in [0.3, 0.4) is 0 Å². The van der Waals surface area contributed by atoms with Gasteiger partial charge in [-0.3, -0.25) is 0 Å². The average Bonchev–Trinajstić information content (AvgIpc) is 2.65. The number of rotatable bonds is 7. The Morgan fingerprint density at radius 3 is 2.38 bits per heavy atom. The number of esters is 1. The molecule has 0 N–H and O–H groups in total. The number of hydrogen-bond donors (Lipinski definition) is 0. The Morgan fingerprint density at radius 1 is 1.04 bits per heavy atom. The van der Waals surface area contributed by atoms with E-state index in [1.54, 1.807) is 24.3 Å². The first-order valence-electron chi connectivity index (χ1n) is 8.31. The van der Waals surface area contributed by atoms with Gasteiger partial charge in [0.05, 0.1) is 5.56 Å². The Bertz CT molecular complexity index is 787. The van der Waals surface area contributed by atoms with Gasteiger partial charge in [-0.05, 0) is 42.7 Å². The topological polar surface area (TPSA) is 61.8 Å². The molecular weight excluding hydrogens is 332 g/mol. The van der Waals surface area contributed by atoms with E-state index < -0.39 is 12.1 Å². The van der Waals surface area contributed by atoms with Gasteiger partial charge in [0.25, 0.3) is 0 Å². The molecule has 0 aliphatic rings. The number of carbonyl (C=O) groups is 2. The van der Waals surface area contributed by atoms with Gasteiger partial charge in [-0.1, -0.05) is 37.5 Å². The Balaban J connectivity index is 1.97. The molecule has 0 saturated heterocycles. The second-order valence-corrected chi connectivity index (χ2v) is 5.51. The molecule has 2 rings (SSSR count). The third kappa shape index (κ3) is 5.99. The highest BCUT2D eigenvalue weighted by molar-refractivity contribution is 5.91. The highest BCUT2D eigenvalue weighted by Crippen LogP contribution is 2.21. The van der Waals surface area contributed by atoms with Crippen LogP contribution in [-0.4, -0.2) is 18.7 Å². The summed E-state index contributed by atoms with van der Waals surface area (Å²) in [6.07, 6.45) is 7.30. The van der Waals surface area contributed by atoms with E-state index in [9.17, 15) is 9.59 Å². The molecule has 0 unspecified atom stereocenters. The second-order valence-electron chi connectivity index (χ2n) is 5.51. The highest BCUT2D eigenvalue weighted by atomic mass is 16.7. The van der Waals surface area contributed by atoms with Crippen LogP contribution in [0.5, 0.6) is 11.5 Å². The molecule has 2 aromatic rings. The first-order chi connectivity index (χ1) is 12.6. The lowest BCUT2D eigenvalue weighted by Gasteiger charge is -2.08. The Labute approximate surface area is 152 Å². The Morgan fingerprint density at radius 2 is 1.73 bits per heavy atom. The molecule has 0 fully saturated rings. The third-order valence-electron chi connectivity index (χ3n) is 3.50. The third-order valence-corrected chi connectivity index (χ3v) is 3.50. The first kappa shape index (κ1) is 19.1. The van der Waals surface area contributed by atoms with E-state index in [4.69, 9.17) is 15.9 Å². The fourth-order valence-electron chi connectivity index (χ4n) is 2.18. The van der Waals surface area contributed by atoms with E-state index in [-0.39, 0.29) is 18.1 Å². The van der Waals surface area contributed by atoms with Gasteiger partial charge >= 0.3 is 12.1 Å². The standard InChI is InChI=1S/C21H20O5/c1-3-5-7-16-10-12-17(13-11-16)20(22)25-18-8-6-9-19(15-18)26-21(23)24-14-4-2/h2,6,8-13,15H,3,5,7,14H2,1H3. The number of terminal acetylenes is 1. The fraction of sp³-hybridized carbons (Fsp3) is 0.238. The predicted molar refractivity (Wildman–Crippen MR) is 97.3 cm³/mol. The zero-order valence-corrected chi connectivity index (χ0v) is 14.6. The van der Waals surface area contributed by atoms with E-state index in [2.05, 4.69) is 17.6 Å². The SMILES string of the molecule is C#CCOC(=O)Oc1cccc(OC(=O)c2ccc(CCCC)cc2)c1. The summed E-state index contributed by atoms with van der Waals surface area (Å²) in [5, 5.41) is 0. The zero-order valence-electron chi connectivity index (χ0n) is 14.6. The van der Waals surface area contributed by atoms with E-state index in [0.29, 0.717) is 5.56 Å². The normalized spacial score (nSPS) is 9.85. The predicted octanol–water partition coefficient (Wildman–Crippen LogP) is 4.40. The average molecular weight is 352 g/mol. The van der Waals surface area contributed by atoms with Crippen LogP contribution in [0.15, 0.2) is 48.5 Å². The molecule has 0 spiro atoms. The molecule has 0 heterocycles. The maximum Gasteiger partial charge on any atom is 0.514 e. The van der Waals surface area contributed by atoms with Crippen LogP contribution >= 0.6 is 0 Å². The van der Waals surface area contributed by atoms with Crippen LogP contribution in [0.25, 0.3) is 0 Å². The van der Waals surface area contributed by atoms with Crippen molar-refractivity contribution in [2.24, 2.45) is 0 Å². The molecule has 0 aliphatic heterocycles. The maximum absolute atomic E-state index is 12.2. The summed E-state index contributed by atoms with van der Waals surface area (Å²) in [5.41, 5.74) is 1.63. The van der Waals surface area contributed by atoms with Crippen molar-refractivity contribution in [2.45, 2.75) is 26.2 Å². The van der Waals surface area contributed by atoms with E-state index in [1.165, 1.54) is 17.7 Å². The molecule has 0 aliphatic carbocycles. The molecule has 0 bridgehead atoms. The van der Waals surface area contributed by atoms with Crippen LogP contribution in [0.4, 0.5) is 4.79 Å². The fourth-order valence-corrected chi connectivity index (χ4v) is 2.18. The highest BCUT2D eigenvalue weighted by Gasteiger charge is 2.11. The minimum Gasteiger partial charge on any atom is -0.423 e. The summed E-state index contributed by atoms with van der Waals surface area (Å²) in [6.45, 7) is 1.96. The lowest BCUT2D eigenvalue weighted by Crippen LogP contribution is -2.11. The lowest BCUT2D eigenvalue weighted by molar-refractivity contribution is 0.0734. The van der Waals surface area contributed by atoms with Crippen molar-refractivity contribution in [1.29, 1.82) is 0 Å². The van der Waals surface area contributed by atoms with Gasteiger partial charge in [0.2, 0.25) is 0 Å². The quantitative estimate of drug-likeness (QED) is 0.320. The van der Waals surface area contributed by atoms with Crippen LogP contribution in [0, 0.1) is 12.3 Å². The van der Waals surface area contributed by atoms with Crippen molar-refractivity contribution < 1.29 is 23.8 Å². The van der Waals surface area contributed by atoms with E-state index in [1.807, 2.05) is 12.1 Å². The lowest BCUT2D eigenvalue weighted by atomic mass is 10.1. The molecule has 134 valence electrons. The summed E-state index contributed by atoms with van der Waals surface area (Å²) in [6, 6.07) is 13.5. The van der Waals surface area contributed by atoms with Crippen molar-refractivity contribution in [3.8, 4) is 23.8 Å². The van der Waals surface area contributed by atoms with Gasteiger partial charge in [-0.25, -0.2) is 9.59 Å². The molecule has 0 saturated carbocycles. The van der Waals surface area contributed by atoms with E-state index >= 15 is 0 Å². The van der Waals surface area contributed by atoms with Crippen molar-refractivity contribution in [2.75, 3.05) is 6.61 Å². The minimum atomic E-state index is -0.922. The minimum absolute atomic E-state index is 0.179. The van der Waals surface area contributed by atoms with Gasteiger partial charge in [-0.15, -0.1) is 6.42 Å². The maximum atomic E-state index is 12.2. The smallest absolute Gasteiger partial charge is 0.423 e. The number of benzene rings is 2. The second kappa shape index (κ2) is 9.90. The molecule has 26 heavy (non-hydrogen) atoms. The van der Waals surface area contributed by atoms with Crippen molar-refractivity contribution in [3.05, 3.63) is 59.7 Å². The summed E-state index contributed by atoms with van der Waals surface area (Å²) in [7, 11) is 0. The first-order valence-corrected chi connectivity index (χ1v) is 8.31. The van der Waals surface area contributed by atoms with Crippen molar-refractivity contribution in [1.82, 2.24) is 0 Å². The number of hydrogen-bond acceptors (Lipinski definition) is 5. The Hall–Kier alpha value is -3.26. The Kier molecular flexibility index (Phi) is 7.26. The van der Waals surface area contributed by atoms with Gasteiger partial charge in [0, 0.05) is 6.07 Å². The molecule has 0 radical (unpaired) electrons. The van der Waals surface area contributed by atoms with Gasteiger partial charge in [-0.2, -0.15) is 0 Å². The van der Waals surface area contributed by atoms with Gasteiger partial charge in [0.1, 0.15) is 11.5 Å². The molecule has 0 aromatic heterocycles. The summed E-state index contributed by atoms with van der Waals surface area (Å²) >= 11 is 0. The van der Waals surface area contributed by atoms with Crippen LogP contribution < -0.4 is 9.47 Å². The molecule has 0 amide bonds. The summed E-state index contributed by atoms with van der Waals surface area (Å²) in [4.78, 5) is 23.6. The van der Waals surface area contributed by atoms with Gasteiger partial charge < -0.3 is 14.2 Å². The van der Waals surface area contributed by atoms with E-state index in [0.717, 1.165) is 19.3 Å². The number of unbranched alkanes of at least 4 members (excludes halogenated alkanes) is 1. The summed E-state index contributed by atoms with van der Waals surface area (Å²) in [5.74, 6) is 2.12. The number of ether oxygens (including phenoxy) is 3. The molecular formula is C21H20O5. The van der Waals surface area contributed by atoms with Crippen LogP contribution in [-0.2, 0) is 11.2 Å². The zero-order chi connectivity index (χ0) is 18.8.